The van der Waals surface area contributed by atoms with Crippen LogP contribution in [0.25, 0.3) is 0 Å². The lowest BCUT2D eigenvalue weighted by atomic mass is 10.1. The normalized spacial score (nSPS) is 13.7. The molecular formula is C13H24N2. The molecule has 0 radical (unpaired) electrons. The molecule has 2 heteroatoms. The lowest BCUT2D eigenvalue weighted by Crippen LogP contribution is -2.08. The lowest BCUT2D eigenvalue weighted by Gasteiger charge is -2.10. The minimum atomic E-state index is 0.369. The highest BCUT2D eigenvalue weighted by molar-refractivity contribution is 5.97. The standard InChI is InChI=1S/C13H24N2/c1-8-12(9(2)3)15-13(10(4)5)14-11(6)7/h8-10H,1-7H3/b12-8+,15-13?. The van der Waals surface area contributed by atoms with Crippen LogP contribution < -0.4 is 0 Å². The smallest absolute Gasteiger partial charge is 0.130 e. The van der Waals surface area contributed by atoms with Gasteiger partial charge in [0.15, 0.2) is 0 Å². The Labute approximate surface area is 94.2 Å². The quantitative estimate of drug-likeness (QED) is 0.493. The van der Waals surface area contributed by atoms with Gasteiger partial charge in [0, 0.05) is 17.3 Å². The molecule has 0 heterocycles. The SMILES string of the molecule is C/C=C(/N=C(N=C(C)C)C(C)C)C(C)C. The van der Waals surface area contributed by atoms with E-state index >= 15 is 0 Å². The Morgan fingerprint density at radius 1 is 0.933 bits per heavy atom. The predicted octanol–water partition coefficient (Wildman–Crippen LogP) is 4.08. The molecule has 0 saturated heterocycles. The summed E-state index contributed by atoms with van der Waals surface area (Å²) < 4.78 is 0. The maximum atomic E-state index is 4.62. The summed E-state index contributed by atoms with van der Waals surface area (Å²) in [6.07, 6.45) is 2.06. The van der Waals surface area contributed by atoms with Crippen LogP contribution >= 0.6 is 0 Å². The fourth-order valence-corrected chi connectivity index (χ4v) is 1.17. The number of aliphatic imine (C=N–C) groups is 2. The minimum absolute atomic E-state index is 0.369. The van der Waals surface area contributed by atoms with Crippen molar-refractivity contribution in [1.82, 2.24) is 0 Å². The second-order valence-corrected chi connectivity index (χ2v) is 4.55. The van der Waals surface area contributed by atoms with Gasteiger partial charge in [0.2, 0.25) is 0 Å². The molecule has 0 fully saturated rings. The monoisotopic (exact) mass is 208 g/mol. The van der Waals surface area contributed by atoms with Crippen molar-refractivity contribution in [3.8, 4) is 0 Å². The number of hydrogen-bond acceptors (Lipinski definition) is 1. The van der Waals surface area contributed by atoms with Crippen molar-refractivity contribution >= 4 is 11.5 Å². The molecule has 0 aliphatic rings. The van der Waals surface area contributed by atoms with Gasteiger partial charge in [0.05, 0.1) is 0 Å². The Morgan fingerprint density at radius 3 is 1.73 bits per heavy atom. The summed E-state index contributed by atoms with van der Waals surface area (Å²) in [5.41, 5.74) is 2.17. The van der Waals surface area contributed by atoms with Crippen LogP contribution in [0.2, 0.25) is 0 Å². The van der Waals surface area contributed by atoms with Crippen molar-refractivity contribution in [3.63, 3.8) is 0 Å². The van der Waals surface area contributed by atoms with Crippen LogP contribution in [0.4, 0.5) is 0 Å². The van der Waals surface area contributed by atoms with Crippen LogP contribution in [0.3, 0.4) is 0 Å². The summed E-state index contributed by atoms with van der Waals surface area (Å²) in [5, 5.41) is 0. The number of amidine groups is 1. The zero-order valence-electron chi connectivity index (χ0n) is 11.1. The van der Waals surface area contributed by atoms with Gasteiger partial charge in [0.25, 0.3) is 0 Å². The van der Waals surface area contributed by atoms with E-state index in [-0.39, 0.29) is 0 Å². The Morgan fingerprint density at radius 2 is 1.47 bits per heavy atom. The summed E-state index contributed by atoms with van der Waals surface area (Å²) >= 11 is 0. The van der Waals surface area contributed by atoms with Gasteiger partial charge in [-0.25, -0.2) is 9.98 Å². The first-order valence-electron chi connectivity index (χ1n) is 5.65. The number of allylic oxidation sites excluding steroid dienone is 2. The van der Waals surface area contributed by atoms with Gasteiger partial charge in [-0.2, -0.15) is 0 Å². The first-order chi connectivity index (χ1) is 6.88. The van der Waals surface area contributed by atoms with E-state index < -0.39 is 0 Å². The van der Waals surface area contributed by atoms with Crippen molar-refractivity contribution in [1.29, 1.82) is 0 Å². The molecule has 0 amide bonds. The van der Waals surface area contributed by atoms with E-state index in [0.717, 1.165) is 17.2 Å². The average Bonchev–Trinajstić information content (AvgIpc) is 2.10. The predicted molar refractivity (Wildman–Crippen MR) is 69.7 cm³/mol. The molecule has 15 heavy (non-hydrogen) atoms. The van der Waals surface area contributed by atoms with E-state index in [0.29, 0.717) is 11.8 Å². The van der Waals surface area contributed by atoms with Gasteiger partial charge in [-0.1, -0.05) is 33.8 Å². The van der Waals surface area contributed by atoms with Gasteiger partial charge >= 0.3 is 0 Å². The fourth-order valence-electron chi connectivity index (χ4n) is 1.17. The Kier molecular flexibility index (Phi) is 6.14. The summed E-state index contributed by atoms with van der Waals surface area (Å²) in [6, 6.07) is 0. The molecule has 0 rings (SSSR count). The summed E-state index contributed by atoms with van der Waals surface area (Å²) in [5.74, 6) is 1.75. The maximum absolute atomic E-state index is 4.62. The summed E-state index contributed by atoms with van der Waals surface area (Å²) in [4.78, 5) is 9.10. The molecular weight excluding hydrogens is 184 g/mol. The molecule has 0 N–H and O–H groups in total. The molecule has 0 spiro atoms. The van der Waals surface area contributed by atoms with E-state index in [2.05, 4.69) is 43.8 Å². The third kappa shape index (κ3) is 5.50. The average molecular weight is 208 g/mol. The molecule has 0 unspecified atom stereocenters. The van der Waals surface area contributed by atoms with Gasteiger partial charge in [-0.05, 0) is 26.7 Å². The lowest BCUT2D eigenvalue weighted by molar-refractivity contribution is 0.747. The molecule has 0 aromatic heterocycles. The van der Waals surface area contributed by atoms with E-state index in [1.54, 1.807) is 0 Å². The molecule has 0 atom stereocenters. The number of nitrogens with zero attached hydrogens (tertiary/aromatic N) is 2. The van der Waals surface area contributed by atoms with Crippen LogP contribution in [0.15, 0.2) is 21.8 Å². The van der Waals surface area contributed by atoms with Gasteiger partial charge in [0.1, 0.15) is 5.84 Å². The van der Waals surface area contributed by atoms with Crippen molar-refractivity contribution in [2.75, 3.05) is 0 Å². The van der Waals surface area contributed by atoms with Crippen LogP contribution in [0, 0.1) is 11.8 Å². The number of hydrogen-bond donors (Lipinski definition) is 0. The highest BCUT2D eigenvalue weighted by Crippen LogP contribution is 2.13. The summed E-state index contributed by atoms with van der Waals surface area (Å²) in [6.45, 7) is 14.6. The van der Waals surface area contributed by atoms with Crippen LogP contribution in [-0.4, -0.2) is 11.5 Å². The molecule has 0 saturated carbocycles. The summed E-state index contributed by atoms with van der Waals surface area (Å²) in [7, 11) is 0. The van der Waals surface area contributed by atoms with Crippen molar-refractivity contribution in [2.45, 2.75) is 48.5 Å². The molecule has 2 nitrogen and oxygen atoms in total. The maximum Gasteiger partial charge on any atom is 0.130 e. The Hall–Kier alpha value is -0.920. The highest BCUT2D eigenvalue weighted by Gasteiger charge is 2.06. The van der Waals surface area contributed by atoms with E-state index in [1.807, 2.05) is 20.8 Å². The minimum Gasteiger partial charge on any atom is -0.243 e. The second kappa shape index (κ2) is 6.54. The largest absolute Gasteiger partial charge is 0.243 e. The number of rotatable bonds is 3. The van der Waals surface area contributed by atoms with Crippen molar-refractivity contribution < 1.29 is 0 Å². The van der Waals surface area contributed by atoms with E-state index in [9.17, 15) is 0 Å². The molecule has 0 aliphatic carbocycles. The third-order valence-electron chi connectivity index (χ3n) is 1.99. The molecule has 86 valence electrons. The first kappa shape index (κ1) is 14.1. The van der Waals surface area contributed by atoms with Gasteiger partial charge < -0.3 is 0 Å². The second-order valence-electron chi connectivity index (χ2n) is 4.55. The van der Waals surface area contributed by atoms with E-state index in [4.69, 9.17) is 0 Å². The molecule has 0 aliphatic heterocycles. The zero-order chi connectivity index (χ0) is 12.0. The van der Waals surface area contributed by atoms with Gasteiger partial charge in [-0.3, -0.25) is 0 Å². The van der Waals surface area contributed by atoms with Crippen LogP contribution in [0.5, 0.6) is 0 Å². The fraction of sp³-hybridized carbons (Fsp3) is 0.692. The molecule has 0 bridgehead atoms. The Bertz CT molecular complexity index is 277. The Balaban J connectivity index is 5.08. The third-order valence-corrected chi connectivity index (χ3v) is 1.99. The zero-order valence-corrected chi connectivity index (χ0v) is 11.1. The molecule has 0 aromatic rings. The van der Waals surface area contributed by atoms with E-state index in [1.165, 1.54) is 0 Å². The van der Waals surface area contributed by atoms with Crippen molar-refractivity contribution in [3.05, 3.63) is 11.8 Å². The van der Waals surface area contributed by atoms with Crippen LogP contribution in [0.1, 0.15) is 48.5 Å². The van der Waals surface area contributed by atoms with Crippen LogP contribution in [-0.2, 0) is 0 Å². The topological polar surface area (TPSA) is 24.7 Å². The first-order valence-corrected chi connectivity index (χ1v) is 5.65. The van der Waals surface area contributed by atoms with Crippen molar-refractivity contribution in [2.24, 2.45) is 21.8 Å². The van der Waals surface area contributed by atoms with Gasteiger partial charge in [-0.15, -0.1) is 0 Å². The highest BCUT2D eigenvalue weighted by atomic mass is 14.9. The molecule has 0 aromatic carbocycles.